The summed E-state index contributed by atoms with van der Waals surface area (Å²) in [6, 6.07) is 9.14. The van der Waals surface area contributed by atoms with Crippen molar-refractivity contribution in [1.29, 1.82) is 5.41 Å². The first-order chi connectivity index (χ1) is 11.6. The van der Waals surface area contributed by atoms with Crippen molar-refractivity contribution < 1.29 is 8.94 Å². The Morgan fingerprint density at radius 2 is 2.17 bits per heavy atom. The van der Waals surface area contributed by atoms with Gasteiger partial charge >= 0.3 is 0 Å². The van der Waals surface area contributed by atoms with Crippen molar-refractivity contribution in [2.45, 2.75) is 6.92 Å². The summed E-state index contributed by atoms with van der Waals surface area (Å²) in [5.41, 5.74) is 4.81. The van der Waals surface area contributed by atoms with Crippen LogP contribution in [0.15, 0.2) is 58.4 Å². The molecule has 0 unspecified atom stereocenters. The Bertz CT molecular complexity index is 943. The summed E-state index contributed by atoms with van der Waals surface area (Å²) in [5.74, 6) is 2.72. The zero-order valence-corrected chi connectivity index (χ0v) is 13.1. The fourth-order valence-corrected chi connectivity index (χ4v) is 2.26. The molecule has 0 aliphatic heterocycles. The van der Waals surface area contributed by atoms with Gasteiger partial charge in [0.15, 0.2) is 0 Å². The van der Waals surface area contributed by atoms with Gasteiger partial charge in [-0.15, -0.1) is 6.42 Å². The molecule has 2 heterocycles. The predicted octanol–water partition coefficient (Wildman–Crippen LogP) is 4.06. The van der Waals surface area contributed by atoms with Crippen molar-refractivity contribution in [3.8, 4) is 12.3 Å². The van der Waals surface area contributed by atoms with Gasteiger partial charge in [0.1, 0.15) is 5.69 Å². The van der Waals surface area contributed by atoms with Crippen LogP contribution in [0.5, 0.6) is 0 Å². The average molecular weight is 317 g/mol. The lowest BCUT2D eigenvalue weighted by Crippen LogP contribution is -2.05. The van der Waals surface area contributed by atoms with E-state index in [9.17, 15) is 0 Å². The zero-order valence-electron chi connectivity index (χ0n) is 13.1. The molecule has 2 aromatic heterocycles. The second kappa shape index (κ2) is 6.31. The first-order valence-corrected chi connectivity index (χ1v) is 7.20. The molecule has 0 atom stereocenters. The molecule has 2 N–H and O–H groups in total. The van der Waals surface area contributed by atoms with Crippen LogP contribution in [-0.2, 0) is 0 Å². The van der Waals surface area contributed by atoms with Crippen LogP contribution < -0.4 is 5.32 Å². The van der Waals surface area contributed by atoms with E-state index in [-0.39, 0.29) is 0 Å². The van der Waals surface area contributed by atoms with Crippen molar-refractivity contribution in [2.75, 3.05) is 5.32 Å². The van der Waals surface area contributed by atoms with E-state index in [0.717, 1.165) is 22.4 Å². The fraction of sp³-hybridized carbons (Fsp3) is 0.0526. The molecule has 3 aromatic rings. The number of benzene rings is 1. The molecule has 3 rings (SSSR count). The van der Waals surface area contributed by atoms with Crippen molar-refractivity contribution >= 4 is 17.1 Å². The molecule has 0 fully saturated rings. The molecule has 0 saturated heterocycles. The maximum atomic E-state index is 8.34. The van der Waals surface area contributed by atoms with Gasteiger partial charge < -0.3 is 14.3 Å². The van der Waals surface area contributed by atoms with E-state index in [1.165, 1.54) is 0 Å². The van der Waals surface area contributed by atoms with Crippen molar-refractivity contribution in [3.63, 3.8) is 0 Å². The highest BCUT2D eigenvalue weighted by molar-refractivity contribution is 6.12. The van der Waals surface area contributed by atoms with Gasteiger partial charge in [-0.05, 0) is 36.6 Å². The van der Waals surface area contributed by atoms with Crippen LogP contribution >= 0.6 is 0 Å². The highest BCUT2D eigenvalue weighted by Crippen LogP contribution is 2.22. The van der Waals surface area contributed by atoms with Crippen LogP contribution in [0.25, 0.3) is 5.70 Å². The Labute approximate surface area is 139 Å². The van der Waals surface area contributed by atoms with Gasteiger partial charge in [-0.3, -0.25) is 5.41 Å². The molecule has 5 heteroatoms. The Balaban J connectivity index is 1.85. The Kier molecular flexibility index (Phi) is 4.04. The lowest BCUT2D eigenvalue weighted by atomic mass is 9.99. The highest BCUT2D eigenvalue weighted by Gasteiger charge is 2.11. The van der Waals surface area contributed by atoms with Crippen LogP contribution in [0.1, 0.15) is 28.1 Å². The van der Waals surface area contributed by atoms with Crippen molar-refractivity contribution in [2.24, 2.45) is 0 Å². The molecule has 0 aliphatic carbocycles. The number of aromatic nitrogens is 1. The van der Waals surface area contributed by atoms with Crippen LogP contribution in [0.4, 0.5) is 5.69 Å². The van der Waals surface area contributed by atoms with Crippen molar-refractivity contribution in [3.05, 3.63) is 77.6 Å². The second-order valence-corrected chi connectivity index (χ2v) is 5.24. The van der Waals surface area contributed by atoms with Gasteiger partial charge in [-0.1, -0.05) is 17.8 Å². The minimum Gasteiger partial charge on any atom is -0.472 e. The number of terminal acetylenes is 1. The number of rotatable bonds is 5. The summed E-state index contributed by atoms with van der Waals surface area (Å²) in [4.78, 5) is 0. The fourth-order valence-electron chi connectivity index (χ4n) is 2.26. The number of furan rings is 1. The summed E-state index contributed by atoms with van der Waals surface area (Å²) in [6.07, 6.45) is 8.37. The molecule has 0 spiro atoms. The van der Waals surface area contributed by atoms with Crippen molar-refractivity contribution in [1.82, 2.24) is 5.16 Å². The van der Waals surface area contributed by atoms with Gasteiger partial charge in [0.2, 0.25) is 5.76 Å². The number of aryl methyl sites for hydroxylation is 1. The van der Waals surface area contributed by atoms with Crippen LogP contribution in [0.2, 0.25) is 0 Å². The van der Waals surface area contributed by atoms with E-state index >= 15 is 0 Å². The Morgan fingerprint density at radius 3 is 2.83 bits per heavy atom. The molecule has 1 aromatic carbocycles. The summed E-state index contributed by atoms with van der Waals surface area (Å²) in [7, 11) is 0. The van der Waals surface area contributed by atoms with Gasteiger partial charge in [0.05, 0.1) is 23.9 Å². The Hall–Kier alpha value is -3.52. The monoisotopic (exact) mass is 317 g/mol. The van der Waals surface area contributed by atoms with E-state index in [1.54, 1.807) is 24.7 Å². The van der Waals surface area contributed by atoms with Crippen LogP contribution in [0.3, 0.4) is 0 Å². The molecule has 0 radical (unpaired) electrons. The average Bonchev–Trinajstić information content (AvgIpc) is 3.27. The highest BCUT2D eigenvalue weighted by atomic mass is 16.5. The Morgan fingerprint density at radius 1 is 1.33 bits per heavy atom. The zero-order chi connectivity index (χ0) is 17.1. The molecule has 118 valence electrons. The maximum absolute atomic E-state index is 8.34. The summed E-state index contributed by atoms with van der Waals surface area (Å²) >= 11 is 0. The molecule has 5 nitrogen and oxygen atoms in total. The molecule has 24 heavy (non-hydrogen) atoms. The summed E-state index contributed by atoms with van der Waals surface area (Å²) in [5, 5.41) is 15.4. The third-order valence-electron chi connectivity index (χ3n) is 3.57. The number of nitrogens with one attached hydrogen (secondary N) is 2. The number of hydrogen-bond acceptors (Lipinski definition) is 5. The third-order valence-corrected chi connectivity index (χ3v) is 3.57. The van der Waals surface area contributed by atoms with Gasteiger partial charge in [0.25, 0.3) is 0 Å². The van der Waals surface area contributed by atoms with E-state index in [1.807, 2.05) is 25.1 Å². The summed E-state index contributed by atoms with van der Waals surface area (Å²) < 4.78 is 10.0. The standard InChI is InChI=1S/C19H15N3O2/c1-4-16-10-18(22-24-16)13(3)21-15-6-5-12(2)17(9-15)19(20)14-7-8-23-11-14/h1,5-11,20-21H,3H2,2H3. The lowest BCUT2D eigenvalue weighted by molar-refractivity contribution is 0.409. The van der Waals surface area contributed by atoms with Gasteiger partial charge in [-0.2, -0.15) is 0 Å². The first-order valence-electron chi connectivity index (χ1n) is 7.20. The number of nitrogens with zero attached hydrogens (tertiary/aromatic N) is 1. The molecule has 0 saturated carbocycles. The largest absolute Gasteiger partial charge is 0.472 e. The van der Waals surface area contributed by atoms with Gasteiger partial charge in [0, 0.05) is 22.9 Å². The topological polar surface area (TPSA) is 75.1 Å². The van der Waals surface area contributed by atoms with E-state index in [4.69, 9.17) is 20.8 Å². The van der Waals surface area contributed by atoms with E-state index in [0.29, 0.717) is 22.9 Å². The van der Waals surface area contributed by atoms with E-state index < -0.39 is 0 Å². The molecule has 0 aliphatic rings. The van der Waals surface area contributed by atoms with Gasteiger partial charge in [-0.25, -0.2) is 0 Å². The normalized spacial score (nSPS) is 10.2. The number of hydrogen-bond donors (Lipinski definition) is 2. The second-order valence-electron chi connectivity index (χ2n) is 5.24. The number of anilines is 1. The van der Waals surface area contributed by atoms with Crippen LogP contribution in [-0.4, -0.2) is 10.9 Å². The molecule has 0 amide bonds. The van der Waals surface area contributed by atoms with E-state index in [2.05, 4.69) is 23.0 Å². The maximum Gasteiger partial charge on any atom is 0.210 e. The smallest absolute Gasteiger partial charge is 0.210 e. The van der Waals surface area contributed by atoms with Crippen LogP contribution in [0, 0.1) is 24.7 Å². The quantitative estimate of drug-likeness (QED) is 0.550. The first kappa shape index (κ1) is 15.4. The third kappa shape index (κ3) is 2.99. The molecular weight excluding hydrogens is 302 g/mol. The summed E-state index contributed by atoms with van der Waals surface area (Å²) in [6.45, 7) is 5.90. The molecule has 0 bridgehead atoms. The predicted molar refractivity (Wildman–Crippen MR) is 92.9 cm³/mol. The minimum atomic E-state index is 0.347. The SMILES string of the molecule is C#Cc1cc(C(=C)Nc2ccc(C)c(C(=N)c3ccoc3)c2)no1. The lowest BCUT2D eigenvalue weighted by Gasteiger charge is -2.11. The minimum absolute atomic E-state index is 0.347. The molecular formula is C19H15N3O2.